The minimum Gasteiger partial charge on any atom is -0.356 e. The summed E-state index contributed by atoms with van der Waals surface area (Å²) in [5.41, 5.74) is 0.890. The summed E-state index contributed by atoms with van der Waals surface area (Å²) in [4.78, 5) is 11.2. The molecule has 94 valence electrons. The summed E-state index contributed by atoms with van der Waals surface area (Å²) < 4.78 is 13.0. The Morgan fingerprint density at radius 1 is 1.47 bits per heavy atom. The Labute approximate surface area is 101 Å². The highest BCUT2D eigenvalue weighted by molar-refractivity contribution is 5.75. The maximum Gasteiger partial charge on any atom is 0.221 e. The Balaban J connectivity index is 2.35. The molecule has 0 aliphatic heterocycles. The van der Waals surface area contributed by atoms with E-state index in [1.807, 2.05) is 19.9 Å². The van der Waals surface area contributed by atoms with Crippen LogP contribution in [0.2, 0.25) is 0 Å². The molecule has 0 aliphatic rings. The van der Waals surface area contributed by atoms with Crippen LogP contribution in [0.4, 0.5) is 4.39 Å². The minimum absolute atomic E-state index is 0.0337. The van der Waals surface area contributed by atoms with Crippen molar-refractivity contribution in [1.29, 1.82) is 0 Å². The van der Waals surface area contributed by atoms with Crippen LogP contribution in [0.15, 0.2) is 24.3 Å². The zero-order valence-electron chi connectivity index (χ0n) is 10.3. The summed E-state index contributed by atoms with van der Waals surface area (Å²) in [6.07, 6.45) is 0.438. The first-order valence-electron chi connectivity index (χ1n) is 5.89. The third-order valence-corrected chi connectivity index (χ3v) is 2.53. The van der Waals surface area contributed by atoms with Crippen LogP contribution in [0.1, 0.15) is 31.9 Å². The van der Waals surface area contributed by atoms with Crippen LogP contribution in [-0.4, -0.2) is 19.0 Å². The fraction of sp³-hybridized carbons (Fsp3) is 0.462. The Morgan fingerprint density at radius 3 is 2.88 bits per heavy atom. The lowest BCUT2D eigenvalue weighted by Crippen LogP contribution is -2.28. The Bertz CT molecular complexity index is 368. The van der Waals surface area contributed by atoms with E-state index in [0.29, 0.717) is 19.5 Å². The molecular formula is C13H19FN2O. The van der Waals surface area contributed by atoms with Gasteiger partial charge in [-0.2, -0.15) is 0 Å². The number of benzene rings is 1. The normalized spacial score (nSPS) is 12.2. The van der Waals surface area contributed by atoms with Gasteiger partial charge in [-0.05, 0) is 31.5 Å². The lowest BCUT2D eigenvalue weighted by molar-refractivity contribution is -0.120. The largest absolute Gasteiger partial charge is 0.356 e. The van der Waals surface area contributed by atoms with Crippen LogP contribution in [0.3, 0.4) is 0 Å². The number of carbonyl (C=O) groups is 1. The highest BCUT2D eigenvalue weighted by atomic mass is 19.1. The van der Waals surface area contributed by atoms with E-state index in [4.69, 9.17) is 0 Å². The fourth-order valence-corrected chi connectivity index (χ4v) is 1.58. The second-order valence-electron chi connectivity index (χ2n) is 3.93. The van der Waals surface area contributed by atoms with E-state index in [9.17, 15) is 9.18 Å². The molecule has 0 heterocycles. The molecule has 0 saturated carbocycles. The van der Waals surface area contributed by atoms with Crippen LogP contribution in [-0.2, 0) is 4.79 Å². The predicted molar refractivity (Wildman–Crippen MR) is 66.1 cm³/mol. The van der Waals surface area contributed by atoms with E-state index >= 15 is 0 Å². The third kappa shape index (κ3) is 4.95. The molecule has 0 radical (unpaired) electrons. The Hall–Kier alpha value is -1.42. The summed E-state index contributed by atoms with van der Waals surface area (Å²) in [5.74, 6) is -0.202. The summed E-state index contributed by atoms with van der Waals surface area (Å²) in [6.45, 7) is 5.08. The van der Waals surface area contributed by atoms with Gasteiger partial charge in [0, 0.05) is 25.6 Å². The van der Waals surface area contributed by atoms with E-state index in [0.717, 1.165) is 5.56 Å². The summed E-state index contributed by atoms with van der Waals surface area (Å²) in [6, 6.07) is 6.52. The third-order valence-electron chi connectivity index (χ3n) is 2.53. The molecule has 4 heteroatoms. The van der Waals surface area contributed by atoms with Gasteiger partial charge in [-0.1, -0.05) is 12.1 Å². The van der Waals surface area contributed by atoms with Gasteiger partial charge in [0.2, 0.25) is 5.91 Å². The van der Waals surface area contributed by atoms with Crippen molar-refractivity contribution < 1.29 is 9.18 Å². The van der Waals surface area contributed by atoms with E-state index in [1.54, 1.807) is 6.07 Å². The average Bonchev–Trinajstić information content (AvgIpc) is 2.29. The van der Waals surface area contributed by atoms with Crippen LogP contribution in [0.25, 0.3) is 0 Å². The Kier molecular flexibility index (Phi) is 5.63. The second kappa shape index (κ2) is 7.01. The van der Waals surface area contributed by atoms with Crippen molar-refractivity contribution in [2.75, 3.05) is 13.1 Å². The fourth-order valence-electron chi connectivity index (χ4n) is 1.58. The number of rotatable bonds is 6. The van der Waals surface area contributed by atoms with Gasteiger partial charge < -0.3 is 10.6 Å². The van der Waals surface area contributed by atoms with Crippen LogP contribution < -0.4 is 10.6 Å². The van der Waals surface area contributed by atoms with Gasteiger partial charge in [0.15, 0.2) is 0 Å². The zero-order valence-corrected chi connectivity index (χ0v) is 10.3. The standard InChI is InChI=1S/C13H19FN2O/c1-3-15-13(17)7-8-16-10(2)11-5-4-6-12(14)9-11/h4-6,9-10,16H,3,7-8H2,1-2H3,(H,15,17)/t10-/m0/s1. The summed E-state index contributed by atoms with van der Waals surface area (Å²) in [7, 11) is 0. The molecule has 1 aromatic rings. The molecular weight excluding hydrogens is 219 g/mol. The molecule has 0 aromatic heterocycles. The molecule has 17 heavy (non-hydrogen) atoms. The molecule has 3 nitrogen and oxygen atoms in total. The molecule has 1 amide bonds. The smallest absolute Gasteiger partial charge is 0.221 e. The van der Waals surface area contributed by atoms with Gasteiger partial charge in [0.25, 0.3) is 0 Å². The number of halogens is 1. The van der Waals surface area contributed by atoms with Gasteiger partial charge in [-0.15, -0.1) is 0 Å². The summed E-state index contributed by atoms with van der Waals surface area (Å²) >= 11 is 0. The highest BCUT2D eigenvalue weighted by Gasteiger charge is 2.06. The molecule has 1 rings (SSSR count). The van der Waals surface area contributed by atoms with Gasteiger partial charge in [-0.25, -0.2) is 4.39 Å². The minimum atomic E-state index is -0.236. The molecule has 0 saturated heterocycles. The molecule has 1 atom stereocenters. The topological polar surface area (TPSA) is 41.1 Å². The predicted octanol–water partition coefficient (Wildman–Crippen LogP) is 2.00. The number of amides is 1. The maximum absolute atomic E-state index is 13.0. The molecule has 0 fully saturated rings. The quantitative estimate of drug-likeness (QED) is 0.796. The first-order chi connectivity index (χ1) is 8.13. The van der Waals surface area contributed by atoms with Gasteiger partial charge in [0.1, 0.15) is 5.82 Å². The first-order valence-corrected chi connectivity index (χ1v) is 5.89. The van der Waals surface area contributed by atoms with Crippen molar-refractivity contribution in [2.45, 2.75) is 26.3 Å². The average molecular weight is 238 g/mol. The molecule has 1 aromatic carbocycles. The first kappa shape index (κ1) is 13.6. The van der Waals surface area contributed by atoms with Gasteiger partial charge >= 0.3 is 0 Å². The van der Waals surface area contributed by atoms with Crippen molar-refractivity contribution in [3.05, 3.63) is 35.6 Å². The highest BCUT2D eigenvalue weighted by Crippen LogP contribution is 2.12. The lowest BCUT2D eigenvalue weighted by Gasteiger charge is -2.14. The van der Waals surface area contributed by atoms with E-state index < -0.39 is 0 Å². The zero-order chi connectivity index (χ0) is 12.7. The number of carbonyl (C=O) groups excluding carboxylic acids is 1. The van der Waals surface area contributed by atoms with E-state index in [1.165, 1.54) is 12.1 Å². The molecule has 0 aliphatic carbocycles. The monoisotopic (exact) mass is 238 g/mol. The second-order valence-corrected chi connectivity index (χ2v) is 3.93. The van der Waals surface area contributed by atoms with Gasteiger partial charge in [0.05, 0.1) is 0 Å². The van der Waals surface area contributed by atoms with E-state index in [-0.39, 0.29) is 17.8 Å². The van der Waals surface area contributed by atoms with Gasteiger partial charge in [-0.3, -0.25) is 4.79 Å². The van der Waals surface area contributed by atoms with Crippen molar-refractivity contribution in [3.63, 3.8) is 0 Å². The molecule has 2 N–H and O–H groups in total. The number of hydrogen-bond acceptors (Lipinski definition) is 2. The molecule has 0 unspecified atom stereocenters. The number of nitrogens with one attached hydrogen (secondary N) is 2. The SMILES string of the molecule is CCNC(=O)CCN[C@@H](C)c1cccc(F)c1. The number of hydrogen-bond donors (Lipinski definition) is 2. The molecule has 0 spiro atoms. The van der Waals surface area contributed by atoms with Crippen molar-refractivity contribution in [1.82, 2.24) is 10.6 Å². The Morgan fingerprint density at radius 2 is 2.24 bits per heavy atom. The van der Waals surface area contributed by atoms with Crippen LogP contribution in [0, 0.1) is 5.82 Å². The van der Waals surface area contributed by atoms with E-state index in [2.05, 4.69) is 10.6 Å². The van der Waals surface area contributed by atoms with Crippen molar-refractivity contribution in [3.8, 4) is 0 Å². The molecule has 0 bridgehead atoms. The summed E-state index contributed by atoms with van der Waals surface area (Å²) in [5, 5.41) is 5.92. The van der Waals surface area contributed by atoms with Crippen LogP contribution in [0.5, 0.6) is 0 Å². The van der Waals surface area contributed by atoms with Crippen molar-refractivity contribution in [2.24, 2.45) is 0 Å². The maximum atomic E-state index is 13.0. The van der Waals surface area contributed by atoms with Crippen molar-refractivity contribution >= 4 is 5.91 Å². The van der Waals surface area contributed by atoms with Crippen LogP contribution >= 0.6 is 0 Å². The lowest BCUT2D eigenvalue weighted by atomic mass is 10.1.